The summed E-state index contributed by atoms with van der Waals surface area (Å²) in [7, 11) is 0. The van der Waals surface area contributed by atoms with Crippen LogP contribution in [0.2, 0.25) is 0 Å². The van der Waals surface area contributed by atoms with Gasteiger partial charge in [0.05, 0.1) is 6.26 Å². The largest absolute Gasteiger partial charge is 0.466 e. The molecule has 0 aliphatic carbocycles. The summed E-state index contributed by atoms with van der Waals surface area (Å²) in [5.74, 6) is -0.659. The van der Waals surface area contributed by atoms with Crippen molar-refractivity contribution < 1.29 is 18.8 Å². The highest BCUT2D eigenvalue weighted by Gasteiger charge is 2.51. The van der Waals surface area contributed by atoms with Crippen LogP contribution in [0.25, 0.3) is 0 Å². The maximum atomic E-state index is 12.7. The highest BCUT2D eigenvalue weighted by Crippen LogP contribution is 2.29. The number of urea groups is 1. The van der Waals surface area contributed by atoms with Crippen molar-refractivity contribution in [2.75, 3.05) is 11.9 Å². The molecule has 2 heterocycles. The Morgan fingerprint density at radius 1 is 1.19 bits per heavy atom. The maximum absolute atomic E-state index is 12.7. The number of imide groups is 1. The van der Waals surface area contributed by atoms with Crippen LogP contribution in [0.5, 0.6) is 0 Å². The lowest BCUT2D eigenvalue weighted by atomic mass is 9.87. The summed E-state index contributed by atoms with van der Waals surface area (Å²) >= 11 is 0. The number of benzene rings is 1. The van der Waals surface area contributed by atoms with E-state index in [0.29, 0.717) is 11.4 Å². The zero-order chi connectivity index (χ0) is 19.8. The zero-order valence-corrected chi connectivity index (χ0v) is 15.8. The Hall–Kier alpha value is -3.09. The van der Waals surface area contributed by atoms with Crippen LogP contribution < -0.4 is 10.6 Å². The first kappa shape index (κ1) is 18.7. The van der Waals surface area contributed by atoms with Gasteiger partial charge in [-0.05, 0) is 42.2 Å². The van der Waals surface area contributed by atoms with Crippen molar-refractivity contribution in [2.24, 2.45) is 0 Å². The fourth-order valence-electron chi connectivity index (χ4n) is 2.97. The van der Waals surface area contributed by atoms with E-state index in [2.05, 4.69) is 31.4 Å². The monoisotopic (exact) mass is 369 g/mol. The number of hydrogen-bond donors (Lipinski definition) is 2. The summed E-state index contributed by atoms with van der Waals surface area (Å²) in [5, 5.41) is 5.30. The van der Waals surface area contributed by atoms with E-state index in [-0.39, 0.29) is 12.0 Å². The highest BCUT2D eigenvalue weighted by molar-refractivity contribution is 6.10. The van der Waals surface area contributed by atoms with E-state index in [0.717, 1.165) is 10.5 Å². The number of rotatable bonds is 4. The van der Waals surface area contributed by atoms with Crippen LogP contribution in [0.15, 0.2) is 47.1 Å². The number of carbonyl (C=O) groups is 3. The molecule has 4 amide bonds. The Kier molecular flexibility index (Phi) is 4.55. The summed E-state index contributed by atoms with van der Waals surface area (Å²) in [6.45, 7) is 7.49. The molecule has 7 nitrogen and oxygen atoms in total. The Bertz CT molecular complexity index is 866. The van der Waals surface area contributed by atoms with E-state index in [1.54, 1.807) is 31.2 Å². The summed E-state index contributed by atoms with van der Waals surface area (Å²) in [5.41, 5.74) is 0.450. The van der Waals surface area contributed by atoms with Crippen LogP contribution in [-0.4, -0.2) is 29.3 Å². The molecule has 1 aliphatic rings. The Balaban J connectivity index is 1.67. The van der Waals surface area contributed by atoms with E-state index < -0.39 is 23.4 Å². The van der Waals surface area contributed by atoms with Gasteiger partial charge in [0.15, 0.2) is 5.54 Å². The third kappa shape index (κ3) is 3.58. The topological polar surface area (TPSA) is 91.7 Å². The predicted octanol–water partition coefficient (Wildman–Crippen LogP) is 2.98. The zero-order valence-electron chi connectivity index (χ0n) is 15.8. The smallest absolute Gasteiger partial charge is 0.325 e. The standard InChI is InChI=1S/C20H23N3O4/c1-19(2,3)13-7-9-14(10-8-13)21-16(24)12-23-17(25)20(4,22-18(23)26)15-6-5-11-27-15/h5-11H,12H2,1-4H3,(H,21,24)(H,22,26)/t20-/m0/s1. The Morgan fingerprint density at radius 2 is 1.85 bits per heavy atom. The Morgan fingerprint density at radius 3 is 2.41 bits per heavy atom. The number of hydrogen-bond acceptors (Lipinski definition) is 4. The lowest BCUT2D eigenvalue weighted by Gasteiger charge is -2.20. The quantitative estimate of drug-likeness (QED) is 0.811. The van der Waals surface area contributed by atoms with Crippen LogP contribution in [0.4, 0.5) is 10.5 Å². The molecule has 0 saturated carbocycles. The van der Waals surface area contributed by atoms with Gasteiger partial charge >= 0.3 is 6.03 Å². The molecule has 7 heteroatoms. The molecule has 0 unspecified atom stereocenters. The van der Waals surface area contributed by atoms with Crippen molar-refractivity contribution in [3.8, 4) is 0 Å². The summed E-state index contributed by atoms with van der Waals surface area (Å²) in [6, 6.07) is 10.1. The average Bonchev–Trinajstić information content (AvgIpc) is 3.19. The van der Waals surface area contributed by atoms with Gasteiger partial charge in [0, 0.05) is 5.69 Å². The molecule has 1 aromatic heterocycles. The van der Waals surface area contributed by atoms with Gasteiger partial charge in [-0.15, -0.1) is 0 Å². The molecular weight excluding hydrogens is 346 g/mol. The second kappa shape index (κ2) is 6.57. The van der Waals surface area contributed by atoms with Gasteiger partial charge < -0.3 is 15.1 Å². The van der Waals surface area contributed by atoms with E-state index in [9.17, 15) is 14.4 Å². The second-order valence-corrected chi connectivity index (χ2v) is 7.80. The van der Waals surface area contributed by atoms with Gasteiger partial charge in [-0.1, -0.05) is 32.9 Å². The number of amides is 4. The number of carbonyl (C=O) groups excluding carboxylic acids is 3. The van der Waals surface area contributed by atoms with E-state index in [4.69, 9.17) is 4.42 Å². The van der Waals surface area contributed by atoms with Crippen LogP contribution in [0, 0.1) is 0 Å². The third-order valence-corrected chi connectivity index (χ3v) is 4.63. The minimum atomic E-state index is -1.31. The van der Waals surface area contributed by atoms with Crippen LogP contribution >= 0.6 is 0 Å². The summed E-state index contributed by atoms with van der Waals surface area (Å²) in [4.78, 5) is 38.1. The van der Waals surface area contributed by atoms with Crippen molar-refractivity contribution in [3.63, 3.8) is 0 Å². The molecule has 1 atom stereocenters. The molecule has 3 rings (SSSR count). The van der Waals surface area contributed by atoms with Crippen molar-refractivity contribution in [2.45, 2.75) is 38.6 Å². The van der Waals surface area contributed by atoms with E-state index in [1.807, 2.05) is 12.1 Å². The first-order valence-corrected chi connectivity index (χ1v) is 8.70. The highest BCUT2D eigenvalue weighted by atomic mass is 16.3. The fourth-order valence-corrected chi connectivity index (χ4v) is 2.97. The lowest BCUT2D eigenvalue weighted by Crippen LogP contribution is -2.41. The number of nitrogens with one attached hydrogen (secondary N) is 2. The van der Waals surface area contributed by atoms with Gasteiger partial charge in [-0.25, -0.2) is 4.79 Å². The molecule has 0 spiro atoms. The predicted molar refractivity (Wildman–Crippen MR) is 100 cm³/mol. The first-order chi connectivity index (χ1) is 12.6. The van der Waals surface area contributed by atoms with Gasteiger partial charge in [0.1, 0.15) is 12.3 Å². The van der Waals surface area contributed by atoms with Gasteiger partial charge in [0.2, 0.25) is 5.91 Å². The van der Waals surface area contributed by atoms with Crippen LogP contribution in [0.3, 0.4) is 0 Å². The normalized spacial score (nSPS) is 19.9. The van der Waals surface area contributed by atoms with Crippen molar-refractivity contribution in [1.29, 1.82) is 0 Å². The van der Waals surface area contributed by atoms with Crippen molar-refractivity contribution >= 4 is 23.5 Å². The van der Waals surface area contributed by atoms with E-state index in [1.165, 1.54) is 6.26 Å². The Labute approximate surface area is 157 Å². The molecular formula is C20H23N3O4. The van der Waals surface area contributed by atoms with Gasteiger partial charge in [-0.2, -0.15) is 0 Å². The van der Waals surface area contributed by atoms with Crippen molar-refractivity contribution in [3.05, 3.63) is 54.0 Å². The fraction of sp³-hybridized carbons (Fsp3) is 0.350. The molecule has 2 N–H and O–H groups in total. The van der Waals surface area contributed by atoms with Gasteiger partial charge in [0.25, 0.3) is 5.91 Å². The van der Waals surface area contributed by atoms with E-state index >= 15 is 0 Å². The average molecular weight is 369 g/mol. The molecule has 1 fully saturated rings. The van der Waals surface area contributed by atoms with Crippen LogP contribution in [-0.2, 0) is 20.5 Å². The number of nitrogens with zero attached hydrogens (tertiary/aromatic N) is 1. The SMILES string of the molecule is CC(C)(C)c1ccc(NC(=O)CN2C(=O)N[C@@](C)(c3ccco3)C2=O)cc1. The first-order valence-electron chi connectivity index (χ1n) is 8.70. The summed E-state index contributed by atoms with van der Waals surface area (Å²) in [6.07, 6.45) is 1.43. The molecule has 0 radical (unpaired) electrons. The molecule has 0 bridgehead atoms. The lowest BCUT2D eigenvalue weighted by molar-refractivity contribution is -0.134. The molecule has 142 valence electrons. The number of anilines is 1. The molecule has 1 aromatic carbocycles. The minimum absolute atomic E-state index is 0.0128. The molecule has 27 heavy (non-hydrogen) atoms. The summed E-state index contributed by atoms with van der Waals surface area (Å²) < 4.78 is 5.26. The third-order valence-electron chi connectivity index (χ3n) is 4.63. The maximum Gasteiger partial charge on any atom is 0.325 e. The molecule has 1 aliphatic heterocycles. The van der Waals surface area contributed by atoms with Crippen LogP contribution in [0.1, 0.15) is 39.0 Å². The minimum Gasteiger partial charge on any atom is -0.466 e. The second-order valence-electron chi connectivity index (χ2n) is 7.80. The van der Waals surface area contributed by atoms with Gasteiger partial charge in [-0.3, -0.25) is 14.5 Å². The number of furan rings is 1. The molecule has 1 saturated heterocycles. The molecule has 2 aromatic rings. The van der Waals surface area contributed by atoms with Crippen molar-refractivity contribution in [1.82, 2.24) is 10.2 Å².